The standard InChI is InChI=1S/C11H9IO/c1-13-10-7-6-8-4-2-3-5-9(8)11(10)12/h2-7H,1H3. The lowest BCUT2D eigenvalue weighted by atomic mass is 10.1. The Kier molecular flexibility index (Phi) is 2.40. The zero-order chi connectivity index (χ0) is 9.26. The van der Waals surface area contributed by atoms with Crippen LogP contribution in [0.4, 0.5) is 0 Å². The molecule has 1 nitrogen and oxygen atoms in total. The van der Waals surface area contributed by atoms with E-state index in [4.69, 9.17) is 4.74 Å². The lowest BCUT2D eigenvalue weighted by Crippen LogP contribution is -1.87. The Labute approximate surface area is 90.9 Å². The number of fused-ring (bicyclic) bond motifs is 1. The Balaban J connectivity index is 2.79. The van der Waals surface area contributed by atoms with Crippen LogP contribution in [-0.2, 0) is 0 Å². The Morgan fingerprint density at radius 3 is 2.62 bits per heavy atom. The number of methoxy groups -OCH3 is 1. The number of hydrogen-bond donors (Lipinski definition) is 0. The minimum atomic E-state index is 0.944. The van der Waals surface area contributed by atoms with Crippen LogP contribution in [0.2, 0.25) is 0 Å². The molecule has 0 radical (unpaired) electrons. The molecule has 2 aromatic carbocycles. The van der Waals surface area contributed by atoms with Crippen molar-refractivity contribution in [2.24, 2.45) is 0 Å². The van der Waals surface area contributed by atoms with E-state index in [1.54, 1.807) is 7.11 Å². The number of hydrogen-bond acceptors (Lipinski definition) is 1. The number of benzene rings is 2. The summed E-state index contributed by atoms with van der Waals surface area (Å²) in [4.78, 5) is 0. The molecule has 2 heteroatoms. The van der Waals surface area contributed by atoms with E-state index in [9.17, 15) is 0 Å². The first kappa shape index (κ1) is 8.81. The normalized spacial score (nSPS) is 10.3. The van der Waals surface area contributed by atoms with Crippen LogP contribution in [0.25, 0.3) is 10.8 Å². The molecule has 0 unspecified atom stereocenters. The van der Waals surface area contributed by atoms with Gasteiger partial charge in [0, 0.05) is 0 Å². The highest BCUT2D eigenvalue weighted by Gasteiger charge is 2.03. The highest BCUT2D eigenvalue weighted by Crippen LogP contribution is 2.28. The molecule has 0 N–H and O–H groups in total. The van der Waals surface area contributed by atoms with Crippen LogP contribution in [0, 0.1) is 3.57 Å². The first-order valence-corrected chi connectivity index (χ1v) is 5.12. The third-order valence-corrected chi connectivity index (χ3v) is 3.16. The van der Waals surface area contributed by atoms with Crippen molar-refractivity contribution in [2.75, 3.05) is 7.11 Å². The minimum absolute atomic E-state index is 0.944. The lowest BCUT2D eigenvalue weighted by Gasteiger charge is -2.05. The smallest absolute Gasteiger partial charge is 0.132 e. The van der Waals surface area contributed by atoms with Crippen molar-refractivity contribution in [1.29, 1.82) is 0 Å². The highest BCUT2D eigenvalue weighted by molar-refractivity contribution is 14.1. The third-order valence-electron chi connectivity index (χ3n) is 2.05. The molecule has 13 heavy (non-hydrogen) atoms. The van der Waals surface area contributed by atoms with E-state index in [1.165, 1.54) is 14.3 Å². The summed E-state index contributed by atoms with van der Waals surface area (Å²) in [5.74, 6) is 0.944. The monoisotopic (exact) mass is 284 g/mol. The topological polar surface area (TPSA) is 9.23 Å². The van der Waals surface area contributed by atoms with Crippen molar-refractivity contribution in [1.82, 2.24) is 0 Å². The molecule has 66 valence electrons. The zero-order valence-corrected chi connectivity index (χ0v) is 9.41. The summed E-state index contributed by atoms with van der Waals surface area (Å²) in [5, 5.41) is 2.51. The van der Waals surface area contributed by atoms with E-state index in [-0.39, 0.29) is 0 Å². The Morgan fingerprint density at radius 2 is 1.85 bits per heavy atom. The SMILES string of the molecule is COc1ccc2ccccc2c1I. The van der Waals surface area contributed by atoms with Gasteiger partial charge in [-0.2, -0.15) is 0 Å². The largest absolute Gasteiger partial charge is 0.496 e. The molecule has 0 fully saturated rings. The third kappa shape index (κ3) is 1.50. The summed E-state index contributed by atoms with van der Waals surface area (Å²) in [6.45, 7) is 0. The first-order chi connectivity index (χ1) is 6.33. The predicted molar refractivity (Wildman–Crippen MR) is 63.2 cm³/mol. The zero-order valence-electron chi connectivity index (χ0n) is 7.25. The lowest BCUT2D eigenvalue weighted by molar-refractivity contribution is 0.412. The summed E-state index contributed by atoms with van der Waals surface area (Å²) in [5.41, 5.74) is 0. The summed E-state index contributed by atoms with van der Waals surface area (Å²) >= 11 is 2.31. The van der Waals surface area contributed by atoms with Crippen molar-refractivity contribution >= 4 is 33.4 Å². The second-order valence-electron chi connectivity index (χ2n) is 2.80. The Hall–Kier alpha value is -0.770. The summed E-state index contributed by atoms with van der Waals surface area (Å²) in [6, 6.07) is 12.4. The number of rotatable bonds is 1. The fraction of sp³-hybridized carbons (Fsp3) is 0.0909. The molecular weight excluding hydrogens is 275 g/mol. The molecule has 0 saturated carbocycles. The molecular formula is C11H9IO. The van der Waals surface area contributed by atoms with Gasteiger partial charge in [0.15, 0.2) is 0 Å². The van der Waals surface area contributed by atoms with Crippen LogP contribution in [0.3, 0.4) is 0 Å². The fourth-order valence-electron chi connectivity index (χ4n) is 1.37. The first-order valence-electron chi connectivity index (χ1n) is 4.04. The van der Waals surface area contributed by atoms with Crippen molar-refractivity contribution in [3.63, 3.8) is 0 Å². The molecule has 0 spiro atoms. The van der Waals surface area contributed by atoms with E-state index in [0.717, 1.165) is 5.75 Å². The van der Waals surface area contributed by atoms with Gasteiger partial charge in [-0.1, -0.05) is 30.3 Å². The van der Waals surface area contributed by atoms with Crippen LogP contribution < -0.4 is 4.74 Å². The second kappa shape index (κ2) is 3.54. The maximum absolute atomic E-state index is 5.25. The van der Waals surface area contributed by atoms with E-state index < -0.39 is 0 Å². The fourth-order valence-corrected chi connectivity index (χ4v) is 2.26. The molecule has 0 aliphatic rings. The summed E-state index contributed by atoms with van der Waals surface area (Å²) in [7, 11) is 1.70. The van der Waals surface area contributed by atoms with Gasteiger partial charge in [0.25, 0.3) is 0 Å². The van der Waals surface area contributed by atoms with E-state index >= 15 is 0 Å². The van der Waals surface area contributed by atoms with Gasteiger partial charge in [0.2, 0.25) is 0 Å². The van der Waals surface area contributed by atoms with Crippen molar-refractivity contribution in [3.8, 4) is 5.75 Å². The molecule has 2 rings (SSSR count). The molecule has 0 saturated heterocycles. The van der Waals surface area contributed by atoms with Gasteiger partial charge in [-0.3, -0.25) is 0 Å². The Morgan fingerprint density at radius 1 is 1.08 bits per heavy atom. The van der Waals surface area contributed by atoms with Gasteiger partial charge < -0.3 is 4.74 Å². The molecule has 0 aliphatic heterocycles. The van der Waals surface area contributed by atoms with Gasteiger partial charge in [-0.05, 0) is 39.4 Å². The molecule has 0 atom stereocenters. The molecule has 0 heterocycles. The van der Waals surface area contributed by atoms with Crippen LogP contribution in [0.5, 0.6) is 5.75 Å². The maximum atomic E-state index is 5.25. The van der Waals surface area contributed by atoms with Crippen molar-refractivity contribution in [2.45, 2.75) is 0 Å². The molecule has 0 bridgehead atoms. The van der Waals surface area contributed by atoms with Crippen LogP contribution in [-0.4, -0.2) is 7.11 Å². The predicted octanol–water partition coefficient (Wildman–Crippen LogP) is 3.45. The quantitative estimate of drug-likeness (QED) is 0.729. The van der Waals surface area contributed by atoms with Gasteiger partial charge >= 0.3 is 0 Å². The molecule has 0 aliphatic carbocycles. The Bertz CT molecular complexity index is 437. The van der Waals surface area contributed by atoms with E-state index in [2.05, 4.69) is 40.8 Å². The van der Waals surface area contributed by atoms with Crippen LogP contribution in [0.1, 0.15) is 0 Å². The summed E-state index contributed by atoms with van der Waals surface area (Å²) < 4.78 is 6.42. The molecule has 2 aromatic rings. The van der Waals surface area contributed by atoms with Crippen molar-refractivity contribution in [3.05, 3.63) is 40.0 Å². The van der Waals surface area contributed by atoms with E-state index in [0.29, 0.717) is 0 Å². The molecule has 0 aromatic heterocycles. The second-order valence-corrected chi connectivity index (χ2v) is 3.88. The average Bonchev–Trinajstić information content (AvgIpc) is 2.19. The average molecular weight is 284 g/mol. The van der Waals surface area contributed by atoms with Crippen LogP contribution >= 0.6 is 22.6 Å². The summed E-state index contributed by atoms with van der Waals surface area (Å²) in [6.07, 6.45) is 0. The van der Waals surface area contributed by atoms with Gasteiger partial charge in [-0.25, -0.2) is 0 Å². The van der Waals surface area contributed by atoms with Gasteiger partial charge in [-0.15, -0.1) is 0 Å². The maximum Gasteiger partial charge on any atom is 0.132 e. The minimum Gasteiger partial charge on any atom is -0.496 e. The number of halogens is 1. The highest BCUT2D eigenvalue weighted by atomic mass is 127. The van der Waals surface area contributed by atoms with Crippen molar-refractivity contribution < 1.29 is 4.74 Å². The number of ether oxygens (including phenoxy) is 1. The van der Waals surface area contributed by atoms with Gasteiger partial charge in [0.1, 0.15) is 5.75 Å². The molecule has 0 amide bonds. The van der Waals surface area contributed by atoms with Gasteiger partial charge in [0.05, 0.1) is 10.7 Å². The van der Waals surface area contributed by atoms with E-state index in [1.807, 2.05) is 18.2 Å². The van der Waals surface area contributed by atoms with Crippen LogP contribution in [0.15, 0.2) is 36.4 Å².